The van der Waals surface area contributed by atoms with E-state index in [9.17, 15) is 10.1 Å². The van der Waals surface area contributed by atoms with E-state index < -0.39 is 4.92 Å². The van der Waals surface area contributed by atoms with Crippen LogP contribution in [0.1, 0.15) is 6.42 Å². The Labute approximate surface area is 96.7 Å². The van der Waals surface area contributed by atoms with Gasteiger partial charge in [-0.05, 0) is 12.5 Å². The first-order valence-corrected chi connectivity index (χ1v) is 5.21. The molecule has 0 saturated carbocycles. The average molecular weight is 244 g/mol. The van der Waals surface area contributed by atoms with E-state index in [1.54, 1.807) is 0 Å². The highest BCUT2D eigenvalue weighted by Gasteiger charge is 2.21. The molecular weight excluding hydrogens is 234 g/mol. The largest absolute Gasteiger partial charge is 0.376 e. The molecule has 1 aromatic rings. The fourth-order valence-corrected chi connectivity index (χ4v) is 1.51. The minimum atomic E-state index is -0.493. The van der Waals surface area contributed by atoms with Gasteiger partial charge in [0.25, 0.3) is 0 Å². The SMILES string of the molecule is O=[N+]([O-])c1ccc(Cl)nc1NCC1CCO1. The van der Waals surface area contributed by atoms with Crippen molar-refractivity contribution < 1.29 is 9.66 Å². The van der Waals surface area contributed by atoms with Crippen molar-refractivity contribution >= 4 is 23.1 Å². The second kappa shape index (κ2) is 4.63. The van der Waals surface area contributed by atoms with Crippen LogP contribution >= 0.6 is 11.6 Å². The Morgan fingerprint density at radius 3 is 3.00 bits per heavy atom. The van der Waals surface area contributed by atoms with Crippen molar-refractivity contribution in [3.05, 3.63) is 27.4 Å². The minimum absolute atomic E-state index is 0.0799. The molecule has 1 N–H and O–H groups in total. The zero-order chi connectivity index (χ0) is 11.5. The van der Waals surface area contributed by atoms with E-state index in [4.69, 9.17) is 16.3 Å². The topological polar surface area (TPSA) is 77.3 Å². The van der Waals surface area contributed by atoms with Gasteiger partial charge in [-0.25, -0.2) is 4.98 Å². The number of ether oxygens (including phenoxy) is 1. The summed E-state index contributed by atoms with van der Waals surface area (Å²) in [6.07, 6.45) is 1.07. The summed E-state index contributed by atoms with van der Waals surface area (Å²) in [6.45, 7) is 1.26. The molecule has 1 aliphatic heterocycles. The monoisotopic (exact) mass is 243 g/mol. The zero-order valence-electron chi connectivity index (χ0n) is 8.35. The maximum Gasteiger partial charge on any atom is 0.311 e. The van der Waals surface area contributed by atoms with Crippen molar-refractivity contribution in [3.63, 3.8) is 0 Å². The summed E-state index contributed by atoms with van der Waals surface area (Å²) in [7, 11) is 0. The summed E-state index contributed by atoms with van der Waals surface area (Å²) in [4.78, 5) is 14.1. The average Bonchev–Trinajstić information content (AvgIpc) is 2.14. The number of nitrogens with one attached hydrogen (secondary N) is 1. The first kappa shape index (κ1) is 11.1. The Morgan fingerprint density at radius 1 is 1.69 bits per heavy atom. The summed E-state index contributed by atoms with van der Waals surface area (Å²) in [5.41, 5.74) is -0.0799. The first-order valence-electron chi connectivity index (χ1n) is 4.83. The van der Waals surface area contributed by atoms with Crippen molar-refractivity contribution in [2.75, 3.05) is 18.5 Å². The maximum atomic E-state index is 10.7. The third-order valence-corrected chi connectivity index (χ3v) is 2.54. The van der Waals surface area contributed by atoms with Crippen molar-refractivity contribution in [3.8, 4) is 0 Å². The summed E-state index contributed by atoms with van der Waals surface area (Å²) in [5, 5.41) is 13.8. The summed E-state index contributed by atoms with van der Waals surface area (Å²) >= 11 is 5.68. The van der Waals surface area contributed by atoms with Gasteiger partial charge in [-0.2, -0.15) is 0 Å². The molecule has 1 aromatic heterocycles. The third-order valence-electron chi connectivity index (χ3n) is 2.33. The van der Waals surface area contributed by atoms with Crippen molar-refractivity contribution in [1.82, 2.24) is 4.98 Å². The normalized spacial score (nSPS) is 18.9. The minimum Gasteiger partial charge on any atom is -0.376 e. The van der Waals surface area contributed by atoms with Crippen molar-refractivity contribution in [2.45, 2.75) is 12.5 Å². The number of aromatic nitrogens is 1. The number of nitro groups is 1. The van der Waals surface area contributed by atoms with Crippen LogP contribution < -0.4 is 5.32 Å². The molecule has 1 saturated heterocycles. The lowest BCUT2D eigenvalue weighted by Crippen LogP contribution is -2.33. The molecule has 6 nitrogen and oxygen atoms in total. The molecule has 1 atom stereocenters. The third kappa shape index (κ3) is 2.40. The van der Waals surface area contributed by atoms with Crippen LogP contribution in [0.5, 0.6) is 0 Å². The quantitative estimate of drug-likeness (QED) is 0.496. The van der Waals surface area contributed by atoms with E-state index in [1.807, 2.05) is 0 Å². The van der Waals surface area contributed by atoms with Crippen molar-refractivity contribution in [2.24, 2.45) is 0 Å². The van der Waals surface area contributed by atoms with Crippen LogP contribution in [0, 0.1) is 10.1 Å². The van der Waals surface area contributed by atoms with Gasteiger partial charge in [0.2, 0.25) is 5.82 Å². The molecule has 0 spiro atoms. The van der Waals surface area contributed by atoms with Crippen LogP contribution in [0.3, 0.4) is 0 Å². The Morgan fingerprint density at radius 2 is 2.44 bits per heavy atom. The lowest BCUT2D eigenvalue weighted by molar-refractivity contribution is -0.384. The van der Waals surface area contributed by atoms with Gasteiger partial charge in [0.1, 0.15) is 5.15 Å². The van der Waals surface area contributed by atoms with Gasteiger partial charge in [0.05, 0.1) is 11.0 Å². The Hall–Kier alpha value is -1.40. The molecule has 1 fully saturated rings. The van der Waals surface area contributed by atoms with E-state index in [0.717, 1.165) is 13.0 Å². The Bertz CT molecular complexity index is 409. The molecular formula is C9H10ClN3O3. The highest BCUT2D eigenvalue weighted by Crippen LogP contribution is 2.24. The molecule has 2 heterocycles. The summed E-state index contributed by atoms with van der Waals surface area (Å²) in [6, 6.07) is 2.73. The van der Waals surface area contributed by atoms with E-state index in [1.165, 1.54) is 12.1 Å². The highest BCUT2D eigenvalue weighted by atomic mass is 35.5. The fraction of sp³-hybridized carbons (Fsp3) is 0.444. The number of pyridine rings is 1. The molecule has 0 aliphatic carbocycles. The summed E-state index contributed by atoms with van der Waals surface area (Å²) in [5.74, 6) is 0.188. The molecule has 86 valence electrons. The molecule has 7 heteroatoms. The van der Waals surface area contributed by atoms with Gasteiger partial charge < -0.3 is 10.1 Å². The maximum absolute atomic E-state index is 10.7. The van der Waals surface area contributed by atoms with Crippen LogP contribution in [0.15, 0.2) is 12.1 Å². The van der Waals surface area contributed by atoms with E-state index in [2.05, 4.69) is 10.3 Å². The predicted octanol–water partition coefficient (Wildman–Crippen LogP) is 1.84. The molecule has 0 radical (unpaired) electrons. The number of anilines is 1. The zero-order valence-corrected chi connectivity index (χ0v) is 9.11. The van der Waals surface area contributed by atoms with Crippen LogP contribution in [0.2, 0.25) is 5.15 Å². The Balaban J connectivity index is 2.09. The second-order valence-electron chi connectivity index (χ2n) is 3.42. The number of hydrogen-bond acceptors (Lipinski definition) is 5. The number of nitrogens with zero attached hydrogens (tertiary/aromatic N) is 2. The number of rotatable bonds is 4. The van der Waals surface area contributed by atoms with Gasteiger partial charge >= 0.3 is 5.69 Å². The molecule has 16 heavy (non-hydrogen) atoms. The Kier molecular flexibility index (Phi) is 3.21. The fourth-order valence-electron chi connectivity index (χ4n) is 1.36. The smallest absolute Gasteiger partial charge is 0.311 e. The van der Waals surface area contributed by atoms with Gasteiger partial charge in [-0.1, -0.05) is 11.6 Å². The molecule has 2 rings (SSSR count). The highest BCUT2D eigenvalue weighted by molar-refractivity contribution is 6.29. The van der Waals surface area contributed by atoms with E-state index in [-0.39, 0.29) is 22.8 Å². The molecule has 0 bridgehead atoms. The van der Waals surface area contributed by atoms with Crippen molar-refractivity contribution in [1.29, 1.82) is 0 Å². The van der Waals surface area contributed by atoms with Crippen LogP contribution in [-0.4, -0.2) is 29.2 Å². The van der Waals surface area contributed by atoms with E-state index in [0.29, 0.717) is 6.54 Å². The summed E-state index contributed by atoms with van der Waals surface area (Å²) < 4.78 is 5.19. The lowest BCUT2D eigenvalue weighted by Gasteiger charge is -2.26. The number of halogens is 1. The molecule has 0 amide bonds. The van der Waals surface area contributed by atoms with Crippen LogP contribution in [0.25, 0.3) is 0 Å². The second-order valence-corrected chi connectivity index (χ2v) is 3.81. The van der Waals surface area contributed by atoms with Gasteiger partial charge in [0.15, 0.2) is 0 Å². The lowest BCUT2D eigenvalue weighted by atomic mass is 10.2. The standard InChI is InChI=1S/C9H10ClN3O3/c10-8-2-1-7(13(14)15)9(12-8)11-5-6-3-4-16-6/h1-2,6H,3-5H2,(H,11,12). The number of hydrogen-bond donors (Lipinski definition) is 1. The van der Waals surface area contributed by atoms with Crippen LogP contribution in [-0.2, 0) is 4.74 Å². The van der Waals surface area contributed by atoms with E-state index >= 15 is 0 Å². The predicted molar refractivity (Wildman–Crippen MR) is 58.7 cm³/mol. The molecule has 1 unspecified atom stereocenters. The molecule has 1 aliphatic rings. The first-order chi connectivity index (χ1) is 7.66. The molecule has 0 aromatic carbocycles. The van der Waals surface area contributed by atoms with Crippen LogP contribution in [0.4, 0.5) is 11.5 Å². The van der Waals surface area contributed by atoms with Gasteiger partial charge in [0, 0.05) is 19.2 Å². The van der Waals surface area contributed by atoms with Gasteiger partial charge in [-0.3, -0.25) is 10.1 Å². The van der Waals surface area contributed by atoms with Gasteiger partial charge in [-0.15, -0.1) is 0 Å².